The summed E-state index contributed by atoms with van der Waals surface area (Å²) < 4.78 is 10.9. The molecule has 0 spiro atoms. The molecule has 2 N–H and O–H groups in total. The average molecular weight is 471 g/mol. The van der Waals surface area contributed by atoms with Crippen LogP contribution in [0.2, 0.25) is 5.02 Å². The lowest BCUT2D eigenvalue weighted by molar-refractivity contribution is -0.384. The number of nitrogens with one attached hydrogen (secondary N) is 2. The lowest BCUT2D eigenvalue weighted by Gasteiger charge is -2.06. The van der Waals surface area contributed by atoms with E-state index in [1.165, 1.54) is 18.3 Å². The molecule has 0 saturated carbocycles. The Balaban J connectivity index is 1.44. The van der Waals surface area contributed by atoms with E-state index in [0.29, 0.717) is 33.4 Å². The number of furan rings is 1. The van der Waals surface area contributed by atoms with Crippen LogP contribution < -0.4 is 15.5 Å². The normalized spacial score (nSPS) is 10.7. The second-order valence-electron chi connectivity index (χ2n) is 6.77. The maximum atomic E-state index is 11.8. The second-order valence-corrected chi connectivity index (χ2v) is 7.21. The molecular weight excluding hydrogens is 452 g/mol. The Kier molecular flexibility index (Phi) is 7.77. The minimum Gasteiger partial charge on any atom is -0.484 e. The van der Waals surface area contributed by atoms with Crippen LogP contribution >= 0.6 is 11.6 Å². The summed E-state index contributed by atoms with van der Waals surface area (Å²) in [4.78, 5) is 34.0. The quantitative estimate of drug-likeness (QED) is 0.279. The Labute approximate surface area is 193 Å². The van der Waals surface area contributed by atoms with Crippen LogP contribution in [0.1, 0.15) is 11.3 Å². The third-order valence-electron chi connectivity index (χ3n) is 4.32. The van der Waals surface area contributed by atoms with Crippen LogP contribution in [0.25, 0.3) is 11.3 Å². The predicted octanol–water partition coefficient (Wildman–Crippen LogP) is 3.46. The summed E-state index contributed by atoms with van der Waals surface area (Å²) in [6.45, 7) is 1.20. The number of aryl methyl sites for hydroxylation is 1. The largest absolute Gasteiger partial charge is 0.484 e. The Morgan fingerprint density at radius 2 is 1.91 bits per heavy atom. The second kappa shape index (κ2) is 10.9. The van der Waals surface area contributed by atoms with Gasteiger partial charge in [0.2, 0.25) is 0 Å². The first-order valence-corrected chi connectivity index (χ1v) is 10.0. The summed E-state index contributed by atoms with van der Waals surface area (Å²) in [5.74, 6) is 0.333. The first kappa shape index (κ1) is 23.5. The fourth-order valence-electron chi connectivity index (χ4n) is 2.72. The number of amides is 2. The van der Waals surface area contributed by atoms with Crippen molar-refractivity contribution in [2.45, 2.75) is 6.92 Å². The van der Waals surface area contributed by atoms with Gasteiger partial charge in [-0.2, -0.15) is 5.10 Å². The van der Waals surface area contributed by atoms with Crippen molar-refractivity contribution in [2.24, 2.45) is 5.10 Å². The van der Waals surface area contributed by atoms with Crippen LogP contribution in [0.5, 0.6) is 5.75 Å². The third kappa shape index (κ3) is 6.91. The molecule has 0 radical (unpaired) electrons. The molecule has 0 aliphatic rings. The number of hydrogen-bond acceptors (Lipinski definition) is 7. The van der Waals surface area contributed by atoms with Crippen molar-refractivity contribution in [3.8, 4) is 17.1 Å². The van der Waals surface area contributed by atoms with E-state index in [1.807, 2.05) is 0 Å². The van der Waals surface area contributed by atoms with E-state index in [2.05, 4.69) is 15.8 Å². The Morgan fingerprint density at radius 1 is 1.15 bits per heavy atom. The number of ether oxygens (including phenoxy) is 1. The molecule has 1 aromatic heterocycles. The summed E-state index contributed by atoms with van der Waals surface area (Å²) in [5.41, 5.74) is 3.66. The smallest absolute Gasteiger partial charge is 0.269 e. The fraction of sp³-hybridized carbons (Fsp3) is 0.136. The number of nitro groups is 1. The number of benzene rings is 2. The fourth-order valence-corrected chi connectivity index (χ4v) is 2.85. The van der Waals surface area contributed by atoms with E-state index in [9.17, 15) is 19.7 Å². The number of rotatable bonds is 9. The molecule has 11 heteroatoms. The highest BCUT2D eigenvalue weighted by atomic mass is 35.5. The van der Waals surface area contributed by atoms with Crippen LogP contribution in [0.4, 0.5) is 5.69 Å². The summed E-state index contributed by atoms with van der Waals surface area (Å²) >= 11 is 5.77. The molecule has 0 unspecified atom stereocenters. The van der Waals surface area contributed by atoms with E-state index >= 15 is 0 Å². The molecule has 10 nitrogen and oxygen atoms in total. The van der Waals surface area contributed by atoms with E-state index in [0.717, 1.165) is 0 Å². The number of hydrazone groups is 1. The first-order chi connectivity index (χ1) is 15.8. The lowest BCUT2D eigenvalue weighted by Crippen LogP contribution is -2.37. The maximum absolute atomic E-state index is 11.8. The van der Waals surface area contributed by atoms with Gasteiger partial charge >= 0.3 is 0 Å². The topological polar surface area (TPSA) is 136 Å². The molecule has 0 saturated heterocycles. The van der Waals surface area contributed by atoms with Gasteiger partial charge in [-0.1, -0.05) is 11.6 Å². The van der Waals surface area contributed by atoms with Crippen LogP contribution in [0.15, 0.2) is 64.1 Å². The summed E-state index contributed by atoms with van der Waals surface area (Å²) in [6, 6.07) is 14.3. The van der Waals surface area contributed by atoms with Gasteiger partial charge in [0, 0.05) is 22.7 Å². The van der Waals surface area contributed by atoms with Crippen molar-refractivity contribution in [3.63, 3.8) is 0 Å². The molecule has 0 atom stereocenters. The number of non-ortho nitro benzene ring substituents is 1. The third-order valence-corrected chi connectivity index (χ3v) is 4.58. The molecule has 3 aromatic rings. The zero-order valence-electron chi connectivity index (χ0n) is 17.4. The number of nitrogens with zero attached hydrogens (tertiary/aromatic N) is 2. The van der Waals surface area contributed by atoms with E-state index < -0.39 is 16.7 Å². The van der Waals surface area contributed by atoms with Gasteiger partial charge in [-0.15, -0.1) is 0 Å². The van der Waals surface area contributed by atoms with Crippen LogP contribution in [-0.4, -0.2) is 36.1 Å². The molecule has 0 aliphatic heterocycles. The van der Waals surface area contributed by atoms with Crippen molar-refractivity contribution in [1.29, 1.82) is 0 Å². The summed E-state index contributed by atoms with van der Waals surface area (Å²) in [7, 11) is 0. The highest BCUT2D eigenvalue weighted by Crippen LogP contribution is 2.28. The Hall–Kier alpha value is -4.18. The molecular formula is C22H19ClN4O6. The number of carbonyl (C=O) groups excluding carboxylic acids is 2. The standard InChI is InChI=1S/C22H19ClN4O6/c1-14-10-16(27(30)31)4-8-19(14)20-9-7-18(33-20)11-25-26-21(28)12-24-22(29)13-32-17-5-2-15(23)3-6-17/h2-11H,12-13H2,1H3,(H,24,29)(H,26,28). The van der Waals surface area contributed by atoms with Crippen molar-refractivity contribution in [3.05, 3.63) is 81.1 Å². The molecule has 33 heavy (non-hydrogen) atoms. The van der Waals surface area contributed by atoms with Crippen molar-refractivity contribution >= 4 is 35.3 Å². The van der Waals surface area contributed by atoms with E-state index in [-0.39, 0.29) is 18.8 Å². The predicted molar refractivity (Wildman–Crippen MR) is 121 cm³/mol. The van der Waals surface area contributed by atoms with Gasteiger partial charge in [0.05, 0.1) is 17.7 Å². The molecule has 0 bridgehead atoms. The minimum atomic E-state index is -0.538. The molecule has 1 heterocycles. The zero-order chi connectivity index (χ0) is 23.8. The zero-order valence-corrected chi connectivity index (χ0v) is 18.2. The van der Waals surface area contributed by atoms with Crippen LogP contribution in [0.3, 0.4) is 0 Å². The summed E-state index contributed by atoms with van der Waals surface area (Å²) in [5, 5.41) is 17.6. The summed E-state index contributed by atoms with van der Waals surface area (Å²) in [6.07, 6.45) is 1.30. The van der Waals surface area contributed by atoms with E-state index in [1.54, 1.807) is 49.4 Å². The molecule has 0 fully saturated rings. The van der Waals surface area contributed by atoms with Crippen molar-refractivity contribution < 1.29 is 23.7 Å². The van der Waals surface area contributed by atoms with Gasteiger partial charge < -0.3 is 14.5 Å². The average Bonchev–Trinajstić information content (AvgIpc) is 3.25. The van der Waals surface area contributed by atoms with Gasteiger partial charge in [-0.3, -0.25) is 19.7 Å². The highest BCUT2D eigenvalue weighted by molar-refractivity contribution is 6.30. The van der Waals surface area contributed by atoms with E-state index in [4.69, 9.17) is 20.8 Å². The molecule has 2 aromatic carbocycles. The molecule has 3 rings (SSSR count). The monoisotopic (exact) mass is 470 g/mol. The van der Waals surface area contributed by atoms with Crippen molar-refractivity contribution in [1.82, 2.24) is 10.7 Å². The lowest BCUT2D eigenvalue weighted by atomic mass is 10.1. The Bertz CT molecular complexity index is 1190. The van der Waals surface area contributed by atoms with Crippen LogP contribution in [-0.2, 0) is 9.59 Å². The Morgan fingerprint density at radius 3 is 2.61 bits per heavy atom. The number of nitro benzene ring substituents is 1. The molecule has 170 valence electrons. The van der Waals surface area contributed by atoms with Gasteiger partial charge in [0.1, 0.15) is 17.3 Å². The number of hydrogen-bond donors (Lipinski definition) is 2. The maximum Gasteiger partial charge on any atom is 0.269 e. The van der Waals surface area contributed by atoms with Gasteiger partial charge in [0.25, 0.3) is 17.5 Å². The highest BCUT2D eigenvalue weighted by Gasteiger charge is 2.12. The van der Waals surface area contributed by atoms with Gasteiger partial charge in [-0.05, 0) is 55.0 Å². The first-order valence-electron chi connectivity index (χ1n) is 9.64. The van der Waals surface area contributed by atoms with Crippen molar-refractivity contribution in [2.75, 3.05) is 13.2 Å². The van der Waals surface area contributed by atoms with Gasteiger partial charge in [-0.25, -0.2) is 5.43 Å². The number of carbonyl (C=O) groups is 2. The number of halogens is 1. The molecule has 0 aliphatic carbocycles. The molecule has 2 amide bonds. The SMILES string of the molecule is Cc1cc([N+](=O)[O-])ccc1-c1ccc(C=NNC(=O)CNC(=O)COc2ccc(Cl)cc2)o1. The van der Waals surface area contributed by atoms with Gasteiger partial charge in [0.15, 0.2) is 6.61 Å². The van der Waals surface area contributed by atoms with Crippen LogP contribution in [0, 0.1) is 17.0 Å². The minimum absolute atomic E-state index is 0.00376.